The third-order valence-corrected chi connectivity index (χ3v) is 5.62. The Bertz CT molecular complexity index is 680. The van der Waals surface area contributed by atoms with E-state index in [-0.39, 0.29) is 11.5 Å². The molecule has 0 fully saturated rings. The van der Waals surface area contributed by atoms with Gasteiger partial charge in [0.25, 0.3) is 0 Å². The van der Waals surface area contributed by atoms with E-state index in [1.807, 2.05) is 11.4 Å². The SMILES string of the molecule is O=S(=O)(NCCCc1csc(CO)c1)c1ccc(Cl)cc1. The number of halogens is 1. The van der Waals surface area contributed by atoms with Crippen molar-refractivity contribution in [2.75, 3.05) is 6.54 Å². The molecule has 2 aromatic rings. The summed E-state index contributed by atoms with van der Waals surface area (Å²) >= 11 is 7.25. The van der Waals surface area contributed by atoms with Gasteiger partial charge in [-0.05, 0) is 54.1 Å². The summed E-state index contributed by atoms with van der Waals surface area (Å²) in [6, 6.07) is 8.02. The Morgan fingerprint density at radius 3 is 2.57 bits per heavy atom. The van der Waals surface area contributed by atoms with Crippen LogP contribution in [0, 0.1) is 0 Å². The van der Waals surface area contributed by atoms with Crippen molar-refractivity contribution in [1.29, 1.82) is 0 Å². The summed E-state index contributed by atoms with van der Waals surface area (Å²) in [6.07, 6.45) is 1.48. The lowest BCUT2D eigenvalue weighted by Gasteiger charge is -2.06. The zero-order valence-corrected chi connectivity index (χ0v) is 13.6. The molecular formula is C14H16ClNO3S2. The fraction of sp³-hybridized carbons (Fsp3) is 0.286. The molecule has 114 valence electrons. The lowest BCUT2D eigenvalue weighted by atomic mass is 10.2. The maximum Gasteiger partial charge on any atom is 0.240 e. The van der Waals surface area contributed by atoms with E-state index in [0.717, 1.165) is 16.9 Å². The highest BCUT2D eigenvalue weighted by Gasteiger charge is 2.12. The first-order valence-electron chi connectivity index (χ1n) is 6.43. The number of benzene rings is 1. The normalized spacial score (nSPS) is 11.7. The van der Waals surface area contributed by atoms with Crippen LogP contribution < -0.4 is 4.72 Å². The molecule has 0 aliphatic heterocycles. The highest BCUT2D eigenvalue weighted by Crippen LogP contribution is 2.16. The molecule has 21 heavy (non-hydrogen) atoms. The van der Waals surface area contributed by atoms with Crippen LogP contribution in [0.3, 0.4) is 0 Å². The van der Waals surface area contributed by atoms with Gasteiger partial charge in [0.1, 0.15) is 0 Å². The molecule has 0 saturated heterocycles. The summed E-state index contributed by atoms with van der Waals surface area (Å²) in [5.74, 6) is 0. The highest BCUT2D eigenvalue weighted by atomic mass is 35.5. The van der Waals surface area contributed by atoms with Gasteiger partial charge in [0.05, 0.1) is 11.5 Å². The number of nitrogens with one attached hydrogen (secondary N) is 1. The van der Waals surface area contributed by atoms with E-state index in [0.29, 0.717) is 18.0 Å². The Morgan fingerprint density at radius 2 is 1.95 bits per heavy atom. The van der Waals surface area contributed by atoms with Crippen molar-refractivity contribution in [3.8, 4) is 0 Å². The predicted octanol–water partition coefficient (Wildman–Crippen LogP) is 2.80. The zero-order valence-electron chi connectivity index (χ0n) is 11.3. The molecule has 0 atom stereocenters. The van der Waals surface area contributed by atoms with Crippen LogP contribution in [-0.4, -0.2) is 20.1 Å². The molecule has 4 nitrogen and oxygen atoms in total. The van der Waals surface area contributed by atoms with Crippen molar-refractivity contribution in [1.82, 2.24) is 4.72 Å². The van der Waals surface area contributed by atoms with Crippen molar-refractivity contribution in [2.45, 2.75) is 24.3 Å². The van der Waals surface area contributed by atoms with Crippen LogP contribution >= 0.6 is 22.9 Å². The van der Waals surface area contributed by atoms with Crippen molar-refractivity contribution in [2.24, 2.45) is 0 Å². The summed E-state index contributed by atoms with van der Waals surface area (Å²) < 4.78 is 26.6. The van der Waals surface area contributed by atoms with Gasteiger partial charge in [-0.2, -0.15) is 0 Å². The maximum absolute atomic E-state index is 12.0. The Kier molecular flexibility index (Phi) is 5.78. The molecule has 0 radical (unpaired) electrons. The number of thiophene rings is 1. The van der Waals surface area contributed by atoms with E-state index < -0.39 is 10.0 Å². The minimum atomic E-state index is -3.48. The standard InChI is InChI=1S/C14H16ClNO3S2/c15-12-3-5-14(6-4-12)21(18,19)16-7-1-2-11-8-13(9-17)20-10-11/h3-6,8,10,16-17H,1-2,7,9H2. The van der Waals surface area contributed by atoms with Crippen LogP contribution in [-0.2, 0) is 23.1 Å². The quantitative estimate of drug-likeness (QED) is 0.758. The van der Waals surface area contributed by atoms with Gasteiger partial charge < -0.3 is 5.11 Å². The van der Waals surface area contributed by atoms with Crippen molar-refractivity contribution in [3.63, 3.8) is 0 Å². The number of rotatable bonds is 7. The summed E-state index contributed by atoms with van der Waals surface area (Å²) in [6.45, 7) is 0.420. The average molecular weight is 346 g/mol. The van der Waals surface area contributed by atoms with Crippen LogP contribution in [0.5, 0.6) is 0 Å². The molecule has 1 aromatic carbocycles. The van der Waals surface area contributed by atoms with E-state index in [9.17, 15) is 8.42 Å². The third-order valence-electron chi connectivity index (χ3n) is 2.92. The molecule has 0 aliphatic carbocycles. The highest BCUT2D eigenvalue weighted by molar-refractivity contribution is 7.89. The van der Waals surface area contributed by atoms with E-state index >= 15 is 0 Å². The molecule has 0 spiro atoms. The number of hydrogen-bond donors (Lipinski definition) is 2. The topological polar surface area (TPSA) is 66.4 Å². The summed E-state index contributed by atoms with van der Waals surface area (Å²) in [4.78, 5) is 1.14. The minimum absolute atomic E-state index is 0.0495. The molecule has 0 saturated carbocycles. The summed E-state index contributed by atoms with van der Waals surface area (Å²) in [7, 11) is -3.48. The predicted molar refractivity (Wildman–Crippen MR) is 85.2 cm³/mol. The minimum Gasteiger partial charge on any atom is -0.391 e. The van der Waals surface area contributed by atoms with Crippen LogP contribution in [0.4, 0.5) is 0 Å². The van der Waals surface area contributed by atoms with Gasteiger partial charge in [0, 0.05) is 16.4 Å². The first-order chi connectivity index (χ1) is 10.0. The molecule has 0 aliphatic rings. The zero-order chi connectivity index (χ0) is 15.3. The second-order valence-electron chi connectivity index (χ2n) is 4.53. The first kappa shape index (κ1) is 16.5. The molecule has 7 heteroatoms. The van der Waals surface area contributed by atoms with Gasteiger partial charge in [-0.1, -0.05) is 11.6 Å². The Morgan fingerprint density at radius 1 is 1.24 bits per heavy atom. The lowest BCUT2D eigenvalue weighted by molar-refractivity contribution is 0.285. The maximum atomic E-state index is 12.0. The Hall–Kier alpha value is -0.920. The van der Waals surface area contributed by atoms with Gasteiger partial charge in [-0.15, -0.1) is 11.3 Å². The van der Waals surface area contributed by atoms with Crippen molar-refractivity contribution >= 4 is 33.0 Å². The smallest absolute Gasteiger partial charge is 0.240 e. The number of aliphatic hydroxyl groups is 1. The van der Waals surface area contributed by atoms with Crippen LogP contribution in [0.1, 0.15) is 16.9 Å². The van der Waals surface area contributed by atoms with Crippen molar-refractivity contribution < 1.29 is 13.5 Å². The average Bonchev–Trinajstić information content (AvgIpc) is 2.92. The molecule has 0 bridgehead atoms. The van der Waals surface area contributed by atoms with E-state index in [4.69, 9.17) is 16.7 Å². The van der Waals surface area contributed by atoms with E-state index in [1.54, 1.807) is 12.1 Å². The molecule has 0 unspecified atom stereocenters. The van der Waals surface area contributed by atoms with Gasteiger partial charge in [-0.25, -0.2) is 13.1 Å². The van der Waals surface area contributed by atoms with E-state index in [1.165, 1.54) is 23.5 Å². The van der Waals surface area contributed by atoms with E-state index in [2.05, 4.69) is 4.72 Å². The van der Waals surface area contributed by atoms with Gasteiger partial charge in [0.15, 0.2) is 0 Å². The monoisotopic (exact) mass is 345 g/mol. The summed E-state index contributed by atoms with van der Waals surface area (Å²) in [5, 5.41) is 11.5. The number of aryl methyl sites for hydroxylation is 1. The number of aliphatic hydroxyl groups excluding tert-OH is 1. The fourth-order valence-corrected chi connectivity index (χ4v) is 3.82. The molecule has 2 rings (SSSR count). The number of hydrogen-bond acceptors (Lipinski definition) is 4. The van der Waals surface area contributed by atoms with Crippen LogP contribution in [0.2, 0.25) is 5.02 Å². The second kappa shape index (κ2) is 7.38. The Balaban J connectivity index is 1.83. The fourth-order valence-electron chi connectivity index (χ4n) is 1.84. The first-order valence-corrected chi connectivity index (χ1v) is 9.18. The van der Waals surface area contributed by atoms with Crippen molar-refractivity contribution in [3.05, 3.63) is 51.2 Å². The van der Waals surface area contributed by atoms with Crippen LogP contribution in [0.25, 0.3) is 0 Å². The third kappa shape index (κ3) is 4.79. The molecule has 1 heterocycles. The summed E-state index contributed by atoms with van der Waals surface area (Å²) in [5.41, 5.74) is 1.12. The molecule has 1 aromatic heterocycles. The van der Waals surface area contributed by atoms with Gasteiger partial charge in [0.2, 0.25) is 10.0 Å². The molecular weight excluding hydrogens is 330 g/mol. The molecule has 2 N–H and O–H groups in total. The number of sulfonamides is 1. The Labute approximate surface area is 133 Å². The van der Waals surface area contributed by atoms with Crippen LogP contribution in [0.15, 0.2) is 40.6 Å². The molecule has 0 amide bonds. The lowest BCUT2D eigenvalue weighted by Crippen LogP contribution is -2.25. The second-order valence-corrected chi connectivity index (χ2v) is 7.73. The van der Waals surface area contributed by atoms with Gasteiger partial charge in [-0.3, -0.25) is 0 Å². The largest absolute Gasteiger partial charge is 0.391 e. The van der Waals surface area contributed by atoms with Gasteiger partial charge >= 0.3 is 0 Å².